The summed E-state index contributed by atoms with van der Waals surface area (Å²) in [6, 6.07) is 16.9. The number of aromatic nitrogens is 2. The van der Waals surface area contributed by atoms with Crippen LogP contribution in [0.4, 0.5) is 0 Å². The molecule has 12 heteroatoms. The standard InChI is InChI=1S/C22H27N3O2.C6H8O7/c1-23-20-11-10-18(13-21(20)24(2)22(23)26)15-25(16-19-9-6-12-27-19)14-17-7-4-3-5-8-17;7-3(8)1-6(13,5(11)12)2-4(9)10/h3-5,7-8,10-11,13,19H,6,9,12,14-16H2,1-2H3;13H,1-2H2,(H,7,8)(H,9,10)(H,11,12). The lowest BCUT2D eigenvalue weighted by Crippen LogP contribution is -2.42. The van der Waals surface area contributed by atoms with E-state index in [0.717, 1.165) is 50.1 Å². The van der Waals surface area contributed by atoms with Crippen LogP contribution in [0.3, 0.4) is 0 Å². The van der Waals surface area contributed by atoms with Gasteiger partial charge in [0.05, 0.1) is 30.0 Å². The summed E-state index contributed by atoms with van der Waals surface area (Å²) in [5.41, 5.74) is 1.76. The topological polar surface area (TPSA) is 172 Å². The molecule has 2 aromatic carbocycles. The number of hydrogen-bond acceptors (Lipinski definition) is 7. The number of hydrogen-bond donors (Lipinski definition) is 4. The lowest BCUT2D eigenvalue weighted by Gasteiger charge is -2.25. The maximum Gasteiger partial charge on any atom is 0.336 e. The van der Waals surface area contributed by atoms with Crippen molar-refractivity contribution in [1.82, 2.24) is 14.0 Å². The lowest BCUT2D eigenvalue weighted by molar-refractivity contribution is -0.170. The molecule has 1 unspecified atom stereocenters. The zero-order valence-electron chi connectivity index (χ0n) is 22.5. The molecule has 0 spiro atoms. The Morgan fingerprint density at radius 1 is 0.925 bits per heavy atom. The second kappa shape index (κ2) is 13.4. The molecule has 1 fully saturated rings. The highest BCUT2D eigenvalue weighted by Crippen LogP contribution is 2.20. The van der Waals surface area contributed by atoms with E-state index < -0.39 is 36.4 Å². The van der Waals surface area contributed by atoms with Crippen molar-refractivity contribution in [2.45, 2.75) is 50.5 Å². The fraction of sp³-hybridized carbons (Fsp3) is 0.429. The maximum atomic E-state index is 12.2. The highest BCUT2D eigenvalue weighted by atomic mass is 16.5. The molecule has 0 saturated carbocycles. The largest absolute Gasteiger partial charge is 0.481 e. The van der Waals surface area contributed by atoms with Crippen molar-refractivity contribution >= 4 is 28.9 Å². The smallest absolute Gasteiger partial charge is 0.336 e. The van der Waals surface area contributed by atoms with Crippen molar-refractivity contribution in [3.05, 3.63) is 70.1 Å². The quantitative estimate of drug-likeness (QED) is 0.272. The molecule has 0 bridgehead atoms. The van der Waals surface area contributed by atoms with Gasteiger partial charge >= 0.3 is 23.6 Å². The summed E-state index contributed by atoms with van der Waals surface area (Å²) in [5.74, 6) is -5.02. The van der Waals surface area contributed by atoms with E-state index in [1.807, 2.05) is 14.1 Å². The molecule has 4 N–H and O–H groups in total. The number of aliphatic carboxylic acids is 3. The number of aryl methyl sites for hydroxylation is 2. The molecular weight excluding hydrogens is 522 g/mol. The first-order valence-electron chi connectivity index (χ1n) is 12.8. The Kier molecular flexibility index (Phi) is 10.2. The number of nitrogens with zero attached hydrogens (tertiary/aromatic N) is 3. The number of carboxylic acid groups (broad SMARTS) is 3. The monoisotopic (exact) mass is 557 g/mol. The molecule has 1 atom stereocenters. The van der Waals surface area contributed by atoms with Crippen molar-refractivity contribution in [3.8, 4) is 0 Å². The average Bonchev–Trinajstić information content (AvgIpc) is 3.47. The van der Waals surface area contributed by atoms with Gasteiger partial charge in [-0.05, 0) is 36.1 Å². The molecule has 12 nitrogen and oxygen atoms in total. The number of benzene rings is 2. The van der Waals surface area contributed by atoms with Gasteiger partial charge in [0.1, 0.15) is 0 Å². The Hall–Kier alpha value is -4.00. The second-order valence-corrected chi connectivity index (χ2v) is 9.99. The van der Waals surface area contributed by atoms with Gasteiger partial charge < -0.3 is 25.2 Å². The minimum absolute atomic E-state index is 0.0163. The first-order chi connectivity index (χ1) is 18.9. The Balaban J connectivity index is 0.000000289. The Morgan fingerprint density at radius 3 is 2.08 bits per heavy atom. The number of fused-ring (bicyclic) bond motifs is 1. The van der Waals surface area contributed by atoms with Gasteiger partial charge in [0.25, 0.3) is 0 Å². The van der Waals surface area contributed by atoms with E-state index in [9.17, 15) is 19.2 Å². The zero-order valence-corrected chi connectivity index (χ0v) is 22.5. The van der Waals surface area contributed by atoms with E-state index in [0.29, 0.717) is 6.10 Å². The van der Waals surface area contributed by atoms with Crippen LogP contribution < -0.4 is 5.69 Å². The normalized spacial score (nSPS) is 15.2. The Labute approximate surface area is 230 Å². The minimum Gasteiger partial charge on any atom is -0.481 e. The molecule has 1 aliphatic heterocycles. The Bertz CT molecular complexity index is 1380. The number of carboxylic acids is 3. The fourth-order valence-corrected chi connectivity index (χ4v) is 4.73. The maximum absolute atomic E-state index is 12.2. The molecule has 1 aromatic heterocycles. The van der Waals surface area contributed by atoms with Crippen molar-refractivity contribution in [3.63, 3.8) is 0 Å². The zero-order chi connectivity index (χ0) is 29.4. The van der Waals surface area contributed by atoms with Crippen molar-refractivity contribution in [2.75, 3.05) is 13.2 Å². The summed E-state index contributed by atoms with van der Waals surface area (Å²) in [4.78, 5) is 45.1. The molecule has 3 aromatic rings. The predicted molar refractivity (Wildman–Crippen MR) is 145 cm³/mol. The van der Waals surface area contributed by atoms with Crippen LogP contribution in [-0.2, 0) is 46.3 Å². The summed E-state index contributed by atoms with van der Waals surface area (Å²) in [5, 5.41) is 33.8. The molecule has 216 valence electrons. The van der Waals surface area contributed by atoms with Gasteiger partial charge in [0.2, 0.25) is 0 Å². The SMILES string of the molecule is Cn1c(=O)n(C)c2cc(CN(Cc3ccccc3)CC3CCCO3)ccc21.O=C(O)CC(O)(CC(=O)O)C(=O)O. The van der Waals surface area contributed by atoms with Gasteiger partial charge in [0, 0.05) is 40.3 Å². The van der Waals surface area contributed by atoms with Crippen LogP contribution in [0, 0.1) is 0 Å². The summed E-state index contributed by atoms with van der Waals surface area (Å²) in [7, 11) is 3.66. The lowest BCUT2D eigenvalue weighted by atomic mass is 9.96. The van der Waals surface area contributed by atoms with E-state index in [1.54, 1.807) is 9.13 Å². The van der Waals surface area contributed by atoms with Gasteiger partial charge in [-0.15, -0.1) is 0 Å². The second-order valence-electron chi connectivity index (χ2n) is 9.99. The van der Waals surface area contributed by atoms with Crippen LogP contribution in [0.15, 0.2) is 53.3 Å². The van der Waals surface area contributed by atoms with Gasteiger partial charge in [-0.2, -0.15) is 0 Å². The van der Waals surface area contributed by atoms with E-state index in [1.165, 1.54) is 11.1 Å². The number of rotatable bonds is 11. The number of imidazole rings is 1. The summed E-state index contributed by atoms with van der Waals surface area (Å²) in [6.07, 6.45) is 0.321. The number of carbonyl (C=O) groups is 3. The molecule has 0 aliphatic carbocycles. The third-order valence-electron chi connectivity index (χ3n) is 6.76. The van der Waals surface area contributed by atoms with Crippen LogP contribution in [-0.4, -0.2) is 77.2 Å². The van der Waals surface area contributed by atoms with Crippen molar-refractivity contribution < 1.29 is 39.5 Å². The molecular formula is C28H35N3O9. The molecule has 40 heavy (non-hydrogen) atoms. The predicted octanol–water partition coefficient (Wildman–Crippen LogP) is 1.81. The van der Waals surface area contributed by atoms with Crippen molar-refractivity contribution in [1.29, 1.82) is 0 Å². The summed E-state index contributed by atoms with van der Waals surface area (Å²) in [6.45, 7) is 3.54. The Morgan fingerprint density at radius 2 is 1.52 bits per heavy atom. The molecule has 0 amide bonds. The van der Waals surface area contributed by atoms with E-state index in [4.69, 9.17) is 25.2 Å². The first kappa shape index (κ1) is 30.5. The molecule has 2 heterocycles. The van der Waals surface area contributed by atoms with E-state index in [-0.39, 0.29) is 5.69 Å². The number of ether oxygens (including phenoxy) is 1. The van der Waals surface area contributed by atoms with Gasteiger partial charge in [-0.3, -0.25) is 23.6 Å². The first-order valence-corrected chi connectivity index (χ1v) is 12.8. The third-order valence-corrected chi connectivity index (χ3v) is 6.76. The molecule has 1 saturated heterocycles. The minimum atomic E-state index is -2.74. The summed E-state index contributed by atoms with van der Waals surface area (Å²) >= 11 is 0. The van der Waals surface area contributed by atoms with E-state index >= 15 is 0 Å². The molecule has 4 rings (SSSR count). The highest BCUT2D eigenvalue weighted by Gasteiger charge is 2.40. The van der Waals surface area contributed by atoms with E-state index in [2.05, 4.69) is 53.4 Å². The van der Waals surface area contributed by atoms with Crippen molar-refractivity contribution in [2.24, 2.45) is 14.1 Å². The molecule has 0 radical (unpaired) electrons. The molecule has 1 aliphatic rings. The third kappa shape index (κ3) is 8.01. The van der Waals surface area contributed by atoms with Gasteiger partial charge in [-0.25, -0.2) is 9.59 Å². The van der Waals surface area contributed by atoms with Crippen LogP contribution in [0.25, 0.3) is 11.0 Å². The number of aliphatic hydroxyl groups is 1. The fourth-order valence-electron chi connectivity index (χ4n) is 4.73. The van der Waals surface area contributed by atoms with Gasteiger partial charge in [-0.1, -0.05) is 36.4 Å². The van der Waals surface area contributed by atoms with Crippen LogP contribution in [0.5, 0.6) is 0 Å². The van der Waals surface area contributed by atoms with Crippen LogP contribution in [0.2, 0.25) is 0 Å². The summed E-state index contributed by atoms with van der Waals surface area (Å²) < 4.78 is 9.30. The van der Waals surface area contributed by atoms with Crippen LogP contribution in [0.1, 0.15) is 36.8 Å². The van der Waals surface area contributed by atoms with Gasteiger partial charge in [0.15, 0.2) is 5.60 Å². The van der Waals surface area contributed by atoms with Crippen LogP contribution >= 0.6 is 0 Å². The highest BCUT2D eigenvalue weighted by molar-refractivity contribution is 5.88. The average molecular weight is 558 g/mol.